The minimum absolute atomic E-state index is 0.0805. The molecule has 0 aliphatic heterocycles. The molecule has 132 valence electrons. The average molecular weight is 349 g/mol. The lowest BCUT2D eigenvalue weighted by Gasteiger charge is -2.08. The fourth-order valence-corrected chi connectivity index (χ4v) is 2.00. The van der Waals surface area contributed by atoms with Crippen LogP contribution < -0.4 is 16.4 Å². The molecule has 2 rings (SSSR count). The van der Waals surface area contributed by atoms with Crippen LogP contribution in [0.2, 0.25) is 0 Å². The van der Waals surface area contributed by atoms with Crippen molar-refractivity contribution in [3.63, 3.8) is 0 Å². The van der Waals surface area contributed by atoms with E-state index in [4.69, 9.17) is 0 Å². The van der Waals surface area contributed by atoms with E-state index in [1.807, 2.05) is 5.32 Å². The number of nitrogens with one attached hydrogen (secondary N) is 2. The smallest absolute Gasteiger partial charge is 0.413 e. The van der Waals surface area contributed by atoms with Crippen LogP contribution in [0.1, 0.15) is 6.92 Å². The lowest BCUT2D eigenvalue weighted by molar-refractivity contribution is -0.149. The standard InChI is InChI=1S/C15H15N3O7/c1-2-24-15(23)16-11(19)8-25-12(20)7-18-14(22)10-6-4-3-5-9(10)13(21)17-18/h3-6H,2,7-8H2,1H3,(H,17,21)(H,16,19,23). The highest BCUT2D eigenvalue weighted by molar-refractivity contribution is 5.93. The van der Waals surface area contributed by atoms with Gasteiger partial charge < -0.3 is 9.47 Å². The number of aromatic amines is 1. The lowest BCUT2D eigenvalue weighted by Crippen LogP contribution is -2.36. The molecule has 25 heavy (non-hydrogen) atoms. The average Bonchev–Trinajstić information content (AvgIpc) is 2.58. The van der Waals surface area contributed by atoms with Crippen LogP contribution >= 0.6 is 0 Å². The van der Waals surface area contributed by atoms with Gasteiger partial charge in [0, 0.05) is 0 Å². The molecule has 2 aromatic rings. The van der Waals surface area contributed by atoms with Gasteiger partial charge in [-0.3, -0.25) is 29.6 Å². The minimum Gasteiger partial charge on any atom is -0.454 e. The monoisotopic (exact) mass is 349 g/mol. The maximum absolute atomic E-state index is 12.2. The molecule has 10 heteroatoms. The first-order chi connectivity index (χ1) is 11.9. The van der Waals surface area contributed by atoms with E-state index in [2.05, 4.69) is 14.6 Å². The molecular weight excluding hydrogens is 334 g/mol. The number of benzene rings is 1. The molecule has 0 bridgehead atoms. The maximum Gasteiger partial charge on any atom is 0.413 e. The largest absolute Gasteiger partial charge is 0.454 e. The van der Waals surface area contributed by atoms with Gasteiger partial charge in [-0.25, -0.2) is 9.48 Å². The van der Waals surface area contributed by atoms with E-state index in [0.29, 0.717) is 0 Å². The second-order valence-corrected chi connectivity index (χ2v) is 4.81. The molecule has 0 radical (unpaired) electrons. The van der Waals surface area contributed by atoms with E-state index in [1.54, 1.807) is 19.1 Å². The summed E-state index contributed by atoms with van der Waals surface area (Å²) in [6, 6.07) is 6.14. The quantitative estimate of drug-likeness (QED) is 0.695. The summed E-state index contributed by atoms with van der Waals surface area (Å²) in [5.41, 5.74) is -1.12. The molecule has 0 fully saturated rings. The Morgan fingerprint density at radius 3 is 2.48 bits per heavy atom. The summed E-state index contributed by atoms with van der Waals surface area (Å²) in [6.45, 7) is 0.319. The zero-order valence-electron chi connectivity index (χ0n) is 13.2. The first kappa shape index (κ1) is 17.9. The van der Waals surface area contributed by atoms with Crippen molar-refractivity contribution >= 4 is 28.7 Å². The molecule has 0 saturated carbocycles. The van der Waals surface area contributed by atoms with Crippen LogP contribution in [0.3, 0.4) is 0 Å². The van der Waals surface area contributed by atoms with Gasteiger partial charge in [0.2, 0.25) is 0 Å². The number of carbonyl (C=O) groups is 3. The molecule has 1 aromatic carbocycles. The van der Waals surface area contributed by atoms with Gasteiger partial charge >= 0.3 is 12.1 Å². The van der Waals surface area contributed by atoms with Crippen LogP contribution in [0.5, 0.6) is 0 Å². The van der Waals surface area contributed by atoms with E-state index in [0.717, 1.165) is 4.68 Å². The van der Waals surface area contributed by atoms with Crippen molar-refractivity contribution in [1.82, 2.24) is 15.1 Å². The molecule has 0 unspecified atom stereocenters. The van der Waals surface area contributed by atoms with Gasteiger partial charge in [0.05, 0.1) is 17.4 Å². The number of fused-ring (bicyclic) bond motifs is 1. The first-order valence-corrected chi connectivity index (χ1v) is 7.26. The van der Waals surface area contributed by atoms with E-state index < -0.39 is 42.2 Å². The Bertz CT molecular complexity index is 929. The zero-order valence-corrected chi connectivity index (χ0v) is 13.2. The number of rotatable bonds is 5. The van der Waals surface area contributed by atoms with Gasteiger partial charge in [0.15, 0.2) is 6.61 Å². The Labute approximate surface area is 140 Å². The number of hydrogen-bond donors (Lipinski definition) is 2. The molecule has 0 aliphatic rings. The predicted molar refractivity (Wildman–Crippen MR) is 85.0 cm³/mol. The van der Waals surface area contributed by atoms with Crippen molar-refractivity contribution in [2.24, 2.45) is 0 Å². The number of ether oxygens (including phenoxy) is 2. The predicted octanol–water partition coefficient (Wildman–Crippen LogP) is -0.494. The van der Waals surface area contributed by atoms with Gasteiger partial charge in [0.25, 0.3) is 17.0 Å². The Morgan fingerprint density at radius 2 is 1.80 bits per heavy atom. The van der Waals surface area contributed by atoms with Crippen LogP contribution in [-0.2, 0) is 25.6 Å². The van der Waals surface area contributed by atoms with Gasteiger partial charge in [-0.15, -0.1) is 0 Å². The third-order valence-electron chi connectivity index (χ3n) is 3.05. The number of alkyl carbamates (subject to hydrolysis) is 1. The summed E-state index contributed by atoms with van der Waals surface area (Å²) in [5, 5.41) is 4.45. The Hall–Kier alpha value is -3.43. The van der Waals surface area contributed by atoms with Crippen LogP contribution in [0, 0.1) is 0 Å². The van der Waals surface area contributed by atoms with Crippen molar-refractivity contribution in [2.75, 3.05) is 13.2 Å². The number of H-pyrrole nitrogens is 1. The van der Waals surface area contributed by atoms with E-state index in [-0.39, 0.29) is 17.4 Å². The van der Waals surface area contributed by atoms with Crippen LogP contribution in [0.25, 0.3) is 10.8 Å². The third kappa shape index (κ3) is 4.53. The van der Waals surface area contributed by atoms with Crippen molar-refractivity contribution in [3.8, 4) is 0 Å². The number of hydrogen-bond acceptors (Lipinski definition) is 7. The summed E-state index contributed by atoms with van der Waals surface area (Å²) in [6.07, 6.45) is -0.960. The molecule has 0 saturated heterocycles. The number of amides is 2. The topological polar surface area (TPSA) is 137 Å². The minimum atomic E-state index is -0.960. The summed E-state index contributed by atoms with van der Waals surface area (Å²) in [5.74, 6) is -1.82. The second-order valence-electron chi connectivity index (χ2n) is 4.81. The zero-order chi connectivity index (χ0) is 18.4. The molecular formula is C15H15N3O7. The number of aromatic nitrogens is 2. The fraction of sp³-hybridized carbons (Fsp3) is 0.267. The highest BCUT2D eigenvalue weighted by atomic mass is 16.6. The Balaban J connectivity index is 2.02. The summed E-state index contributed by atoms with van der Waals surface area (Å²) >= 11 is 0. The van der Waals surface area contributed by atoms with E-state index >= 15 is 0 Å². The van der Waals surface area contributed by atoms with Crippen molar-refractivity contribution in [2.45, 2.75) is 13.5 Å². The number of imide groups is 1. The molecule has 10 nitrogen and oxygen atoms in total. The first-order valence-electron chi connectivity index (χ1n) is 7.26. The lowest BCUT2D eigenvalue weighted by atomic mass is 10.2. The van der Waals surface area contributed by atoms with Crippen molar-refractivity contribution < 1.29 is 23.9 Å². The van der Waals surface area contributed by atoms with Gasteiger partial charge in [-0.2, -0.15) is 0 Å². The van der Waals surface area contributed by atoms with Crippen LogP contribution in [0.4, 0.5) is 4.79 Å². The highest BCUT2D eigenvalue weighted by Gasteiger charge is 2.14. The molecule has 1 aromatic heterocycles. The molecule has 0 atom stereocenters. The molecule has 2 N–H and O–H groups in total. The van der Waals surface area contributed by atoms with Crippen molar-refractivity contribution in [1.29, 1.82) is 0 Å². The SMILES string of the molecule is CCOC(=O)NC(=O)COC(=O)Cn1[nH]c(=O)c2ccccc2c1=O. The highest BCUT2D eigenvalue weighted by Crippen LogP contribution is 2.02. The van der Waals surface area contributed by atoms with Crippen LogP contribution in [0.15, 0.2) is 33.9 Å². The summed E-state index contributed by atoms with van der Waals surface area (Å²) in [4.78, 5) is 58.2. The molecule has 1 heterocycles. The van der Waals surface area contributed by atoms with E-state index in [1.165, 1.54) is 12.1 Å². The van der Waals surface area contributed by atoms with Gasteiger partial charge in [-0.05, 0) is 19.1 Å². The second kappa shape index (κ2) is 7.90. The number of esters is 1. The molecule has 0 spiro atoms. The Kier molecular flexibility index (Phi) is 5.66. The van der Waals surface area contributed by atoms with Gasteiger partial charge in [-0.1, -0.05) is 12.1 Å². The van der Waals surface area contributed by atoms with Crippen molar-refractivity contribution in [3.05, 3.63) is 45.0 Å². The molecule has 0 aliphatic carbocycles. The molecule has 2 amide bonds. The fourth-order valence-electron chi connectivity index (χ4n) is 2.00. The summed E-state index contributed by atoms with van der Waals surface area (Å²) in [7, 11) is 0. The Morgan fingerprint density at radius 1 is 1.12 bits per heavy atom. The summed E-state index contributed by atoms with van der Waals surface area (Å²) < 4.78 is 9.93. The normalized spacial score (nSPS) is 10.3. The number of nitrogens with zero attached hydrogens (tertiary/aromatic N) is 1. The third-order valence-corrected chi connectivity index (χ3v) is 3.05. The maximum atomic E-state index is 12.2. The van der Waals surface area contributed by atoms with Crippen LogP contribution in [-0.4, -0.2) is 41.0 Å². The van der Waals surface area contributed by atoms with E-state index in [9.17, 15) is 24.0 Å². The van der Waals surface area contributed by atoms with Gasteiger partial charge in [0.1, 0.15) is 6.54 Å². The number of carbonyl (C=O) groups excluding carboxylic acids is 3.